The quantitative estimate of drug-likeness (QED) is 0.372. The summed E-state index contributed by atoms with van der Waals surface area (Å²) in [6.45, 7) is 6.52. The van der Waals surface area contributed by atoms with Gasteiger partial charge in [-0.25, -0.2) is 22.5 Å². The number of primary amides is 1. The molecular formula is C31H36FN5O3S. The van der Waals surface area contributed by atoms with E-state index < -0.39 is 21.3 Å². The molecule has 1 aromatic heterocycles. The second-order valence-corrected chi connectivity index (χ2v) is 12.8. The number of piperazine rings is 1. The van der Waals surface area contributed by atoms with Crippen LogP contribution >= 0.6 is 0 Å². The molecule has 1 saturated carbocycles. The highest BCUT2D eigenvalue weighted by Crippen LogP contribution is 2.47. The number of halogens is 1. The number of aromatic nitrogens is 1. The fourth-order valence-electron chi connectivity index (χ4n) is 5.95. The maximum atomic E-state index is 13.4. The molecule has 0 radical (unpaired) electrons. The van der Waals surface area contributed by atoms with E-state index in [1.54, 1.807) is 30.3 Å². The van der Waals surface area contributed by atoms with Crippen LogP contribution in [-0.4, -0.2) is 63.0 Å². The Kier molecular flexibility index (Phi) is 8.71. The number of benzene rings is 2. The average molecular weight is 578 g/mol. The zero-order valence-electron chi connectivity index (χ0n) is 23.2. The van der Waals surface area contributed by atoms with Gasteiger partial charge in [0.05, 0.1) is 22.4 Å². The van der Waals surface area contributed by atoms with Gasteiger partial charge in [0.1, 0.15) is 11.5 Å². The zero-order valence-corrected chi connectivity index (χ0v) is 24.0. The standard InChI is InChI=1S/C31H36FN5O3S/c1-22(23-4-7-25(32)8-5-23)31(30(33)38)14-12-27(13-15-31)36-41(39,40)28-10-11-29-24(21-28)6-9-26(35-29)3-2-18-37-19-16-34-17-20-37/h4-11,21-22,27,34,36H,12-20H2,1H3,(H2,33,38)/t22-,27?,31?/m1/s1. The molecule has 2 fully saturated rings. The van der Waals surface area contributed by atoms with E-state index in [4.69, 9.17) is 5.73 Å². The number of nitrogens with two attached hydrogens (primary N) is 1. The molecule has 3 aromatic rings. The fraction of sp³-hybridized carbons (Fsp3) is 0.419. The summed E-state index contributed by atoms with van der Waals surface area (Å²) in [4.78, 5) is 19.7. The van der Waals surface area contributed by atoms with Crippen molar-refractivity contribution in [2.45, 2.75) is 49.5 Å². The molecule has 8 nitrogen and oxygen atoms in total. The summed E-state index contributed by atoms with van der Waals surface area (Å²) >= 11 is 0. The molecule has 5 rings (SSSR count). The smallest absolute Gasteiger partial charge is 0.240 e. The number of carbonyl (C=O) groups excluding carboxylic acids is 1. The molecule has 216 valence electrons. The van der Waals surface area contributed by atoms with Crippen molar-refractivity contribution in [1.82, 2.24) is 19.9 Å². The van der Waals surface area contributed by atoms with Gasteiger partial charge in [-0.2, -0.15) is 0 Å². The first kappa shape index (κ1) is 29.1. The highest BCUT2D eigenvalue weighted by atomic mass is 32.2. The lowest BCUT2D eigenvalue weighted by atomic mass is 9.63. The third kappa shape index (κ3) is 6.60. The SMILES string of the molecule is C[C@H](c1ccc(F)cc1)C1(C(N)=O)CCC(NS(=O)(=O)c2ccc3nc(C#CCN4CCNCC4)ccc3c2)CC1. The van der Waals surface area contributed by atoms with Crippen LogP contribution in [0.1, 0.15) is 49.8 Å². The van der Waals surface area contributed by atoms with Crippen molar-refractivity contribution in [2.24, 2.45) is 11.1 Å². The maximum Gasteiger partial charge on any atom is 0.240 e. The normalized spacial score (nSPS) is 22.5. The van der Waals surface area contributed by atoms with Gasteiger partial charge in [-0.1, -0.05) is 25.0 Å². The second-order valence-electron chi connectivity index (χ2n) is 11.1. The molecule has 2 aliphatic rings. The van der Waals surface area contributed by atoms with Crippen LogP contribution in [0, 0.1) is 23.1 Å². The van der Waals surface area contributed by atoms with Crippen LogP contribution in [0.3, 0.4) is 0 Å². The number of pyridine rings is 1. The Morgan fingerprint density at radius 1 is 1.15 bits per heavy atom. The van der Waals surface area contributed by atoms with Crippen molar-refractivity contribution in [2.75, 3.05) is 32.7 Å². The third-order valence-electron chi connectivity index (χ3n) is 8.59. The van der Waals surface area contributed by atoms with Gasteiger partial charge in [0.2, 0.25) is 15.9 Å². The topological polar surface area (TPSA) is 117 Å². The first-order valence-electron chi connectivity index (χ1n) is 14.1. The van der Waals surface area contributed by atoms with Crippen LogP contribution in [-0.2, 0) is 14.8 Å². The summed E-state index contributed by atoms with van der Waals surface area (Å²) in [5.41, 5.74) is 7.23. The van der Waals surface area contributed by atoms with Crippen LogP contribution < -0.4 is 15.8 Å². The van der Waals surface area contributed by atoms with Crippen molar-refractivity contribution < 1.29 is 17.6 Å². The molecule has 1 saturated heterocycles. The van der Waals surface area contributed by atoms with Crippen LogP contribution in [0.25, 0.3) is 10.9 Å². The lowest BCUT2D eigenvalue weighted by Gasteiger charge is -2.42. The number of fused-ring (bicyclic) bond motifs is 1. The lowest BCUT2D eigenvalue weighted by Crippen LogP contribution is -2.48. The van der Waals surface area contributed by atoms with Gasteiger partial charge in [0, 0.05) is 37.6 Å². The monoisotopic (exact) mass is 577 g/mol. The summed E-state index contributed by atoms with van der Waals surface area (Å²) in [7, 11) is -3.80. The van der Waals surface area contributed by atoms with E-state index in [0.717, 1.165) is 31.7 Å². The first-order valence-corrected chi connectivity index (χ1v) is 15.6. The summed E-state index contributed by atoms with van der Waals surface area (Å²) in [6.07, 6.45) is 1.82. The minimum Gasteiger partial charge on any atom is -0.369 e. The molecule has 4 N–H and O–H groups in total. The molecule has 1 aliphatic carbocycles. The van der Waals surface area contributed by atoms with Gasteiger partial charge in [-0.3, -0.25) is 9.69 Å². The minimum atomic E-state index is -3.80. The number of hydrogen-bond acceptors (Lipinski definition) is 6. The van der Waals surface area contributed by atoms with Gasteiger partial charge in [0.15, 0.2) is 0 Å². The largest absolute Gasteiger partial charge is 0.369 e. The zero-order chi connectivity index (χ0) is 29.0. The van der Waals surface area contributed by atoms with E-state index >= 15 is 0 Å². The van der Waals surface area contributed by atoms with E-state index in [-0.39, 0.29) is 22.7 Å². The minimum absolute atomic E-state index is 0.163. The van der Waals surface area contributed by atoms with E-state index in [9.17, 15) is 17.6 Å². The number of rotatable bonds is 7. The molecular weight excluding hydrogens is 541 g/mol. The lowest BCUT2D eigenvalue weighted by molar-refractivity contribution is -0.131. The Labute approximate surface area is 241 Å². The van der Waals surface area contributed by atoms with Crippen LogP contribution in [0.2, 0.25) is 0 Å². The predicted molar refractivity (Wildman–Crippen MR) is 157 cm³/mol. The van der Waals surface area contributed by atoms with Crippen molar-refractivity contribution >= 4 is 26.8 Å². The predicted octanol–water partition coefficient (Wildman–Crippen LogP) is 3.13. The Balaban J connectivity index is 1.24. The number of hydrogen-bond donors (Lipinski definition) is 3. The van der Waals surface area contributed by atoms with Crippen LogP contribution in [0.4, 0.5) is 4.39 Å². The van der Waals surface area contributed by atoms with E-state index in [1.165, 1.54) is 12.1 Å². The van der Waals surface area contributed by atoms with Gasteiger partial charge in [-0.15, -0.1) is 0 Å². The number of sulfonamides is 1. The fourth-order valence-corrected chi connectivity index (χ4v) is 7.29. The molecule has 2 aromatic carbocycles. The van der Waals surface area contributed by atoms with E-state index in [2.05, 4.69) is 31.8 Å². The van der Waals surface area contributed by atoms with Crippen molar-refractivity contribution in [3.05, 3.63) is 71.7 Å². The number of amides is 1. The molecule has 41 heavy (non-hydrogen) atoms. The molecule has 10 heteroatoms. The summed E-state index contributed by atoms with van der Waals surface area (Å²) in [6, 6.07) is 14.3. The molecule has 1 atom stereocenters. The van der Waals surface area contributed by atoms with Crippen molar-refractivity contribution in [1.29, 1.82) is 0 Å². The van der Waals surface area contributed by atoms with Crippen LogP contribution in [0.15, 0.2) is 59.5 Å². The summed E-state index contributed by atoms with van der Waals surface area (Å²) in [5, 5.41) is 4.04. The number of nitrogens with one attached hydrogen (secondary N) is 2. The summed E-state index contributed by atoms with van der Waals surface area (Å²) in [5.74, 6) is 5.33. The Bertz CT molecular complexity index is 1570. The second kappa shape index (κ2) is 12.2. The van der Waals surface area contributed by atoms with E-state index in [1.807, 2.05) is 19.1 Å². The maximum absolute atomic E-state index is 13.4. The highest BCUT2D eigenvalue weighted by Gasteiger charge is 2.45. The average Bonchev–Trinajstić information content (AvgIpc) is 2.97. The number of carbonyl (C=O) groups is 1. The Hall–Kier alpha value is -3.36. The third-order valence-corrected chi connectivity index (χ3v) is 10.1. The molecule has 0 bridgehead atoms. The van der Waals surface area contributed by atoms with E-state index in [0.29, 0.717) is 48.8 Å². The molecule has 0 unspecified atom stereocenters. The van der Waals surface area contributed by atoms with Gasteiger partial charge >= 0.3 is 0 Å². The molecule has 1 aliphatic heterocycles. The highest BCUT2D eigenvalue weighted by molar-refractivity contribution is 7.89. The molecule has 0 spiro atoms. The molecule has 2 heterocycles. The summed E-state index contributed by atoms with van der Waals surface area (Å²) < 4.78 is 42.9. The van der Waals surface area contributed by atoms with Crippen molar-refractivity contribution in [3.8, 4) is 11.8 Å². The van der Waals surface area contributed by atoms with Gasteiger partial charge in [0.25, 0.3) is 0 Å². The van der Waals surface area contributed by atoms with Gasteiger partial charge in [-0.05, 0) is 85.5 Å². The van der Waals surface area contributed by atoms with Gasteiger partial charge < -0.3 is 11.1 Å². The van der Waals surface area contributed by atoms with Crippen molar-refractivity contribution in [3.63, 3.8) is 0 Å². The Morgan fingerprint density at radius 2 is 1.85 bits per heavy atom. The first-order chi connectivity index (χ1) is 19.7. The Morgan fingerprint density at radius 3 is 2.54 bits per heavy atom. The van der Waals surface area contributed by atoms with Crippen LogP contribution in [0.5, 0.6) is 0 Å². The number of nitrogens with zero attached hydrogens (tertiary/aromatic N) is 2. The molecule has 1 amide bonds.